The third-order valence-electron chi connectivity index (χ3n) is 3.87. The number of carbonyl (C=O) groups excluding carboxylic acids is 1. The normalized spacial score (nSPS) is 11.5. The molecule has 0 atom stereocenters. The van der Waals surface area contributed by atoms with Gasteiger partial charge in [0.25, 0.3) is 5.91 Å². The molecule has 0 unspecified atom stereocenters. The fraction of sp³-hybridized carbons (Fsp3) is 0.333. The summed E-state index contributed by atoms with van der Waals surface area (Å²) in [6.07, 6.45) is 1.01. The van der Waals surface area contributed by atoms with Gasteiger partial charge in [0.15, 0.2) is 0 Å². The lowest BCUT2D eigenvalue weighted by Gasteiger charge is -2.08. The van der Waals surface area contributed by atoms with E-state index in [0.29, 0.717) is 18.1 Å². The highest BCUT2D eigenvalue weighted by Gasteiger charge is 2.06. The van der Waals surface area contributed by atoms with Crippen LogP contribution in [0, 0.1) is 12.8 Å². The Kier molecular flexibility index (Phi) is 6.75. The van der Waals surface area contributed by atoms with Gasteiger partial charge < -0.3 is 4.74 Å². The lowest BCUT2D eigenvalue weighted by molar-refractivity contribution is 0.0955. The Balaban J connectivity index is 1.91. The summed E-state index contributed by atoms with van der Waals surface area (Å²) in [6.45, 7) is 8.92. The third kappa shape index (κ3) is 6.07. The molecule has 132 valence electrons. The van der Waals surface area contributed by atoms with Crippen LogP contribution in [0.3, 0.4) is 0 Å². The Labute approximate surface area is 149 Å². The molecule has 2 aromatic rings. The van der Waals surface area contributed by atoms with E-state index < -0.39 is 0 Å². The van der Waals surface area contributed by atoms with Crippen LogP contribution >= 0.6 is 0 Å². The molecule has 1 amide bonds. The number of hydrogen-bond acceptors (Lipinski definition) is 3. The SMILES string of the molecule is CC(=NNC(=O)c1ccc(OCCC(C)C)cc1)c1ccc(C)cc1. The Morgan fingerprint density at radius 3 is 2.24 bits per heavy atom. The standard InChI is InChI=1S/C21H26N2O2/c1-15(2)13-14-25-20-11-9-19(10-12-20)21(24)23-22-17(4)18-7-5-16(3)6-8-18/h5-12,15H,13-14H2,1-4H3,(H,23,24). The predicted molar refractivity (Wildman–Crippen MR) is 102 cm³/mol. The number of nitrogens with one attached hydrogen (secondary N) is 1. The second kappa shape index (κ2) is 9.02. The lowest BCUT2D eigenvalue weighted by Crippen LogP contribution is -2.19. The number of aryl methyl sites for hydroxylation is 1. The van der Waals surface area contributed by atoms with Gasteiger partial charge in [-0.15, -0.1) is 0 Å². The highest BCUT2D eigenvalue weighted by molar-refractivity contribution is 6.00. The summed E-state index contributed by atoms with van der Waals surface area (Å²) in [6, 6.07) is 15.1. The number of carbonyl (C=O) groups is 1. The van der Waals surface area contributed by atoms with Crippen LogP contribution in [0.1, 0.15) is 48.7 Å². The molecule has 4 nitrogen and oxygen atoms in total. The molecule has 0 fully saturated rings. The average Bonchev–Trinajstić information content (AvgIpc) is 2.60. The van der Waals surface area contributed by atoms with E-state index in [9.17, 15) is 4.79 Å². The maximum Gasteiger partial charge on any atom is 0.271 e. The van der Waals surface area contributed by atoms with Crippen molar-refractivity contribution in [3.63, 3.8) is 0 Å². The summed E-state index contributed by atoms with van der Waals surface area (Å²) in [5.74, 6) is 1.15. The van der Waals surface area contributed by atoms with Gasteiger partial charge in [-0.1, -0.05) is 43.7 Å². The van der Waals surface area contributed by atoms with Crippen molar-refractivity contribution in [3.8, 4) is 5.75 Å². The maximum absolute atomic E-state index is 12.2. The van der Waals surface area contributed by atoms with Crippen LogP contribution < -0.4 is 10.2 Å². The van der Waals surface area contributed by atoms with Gasteiger partial charge in [-0.3, -0.25) is 4.79 Å². The van der Waals surface area contributed by atoms with Crippen molar-refractivity contribution >= 4 is 11.6 Å². The van der Waals surface area contributed by atoms with Crippen LogP contribution in [0.25, 0.3) is 0 Å². The van der Waals surface area contributed by atoms with Crippen molar-refractivity contribution in [2.75, 3.05) is 6.61 Å². The maximum atomic E-state index is 12.2. The van der Waals surface area contributed by atoms with E-state index in [1.807, 2.05) is 50.2 Å². The van der Waals surface area contributed by atoms with Crippen molar-refractivity contribution in [1.29, 1.82) is 0 Å². The third-order valence-corrected chi connectivity index (χ3v) is 3.87. The Morgan fingerprint density at radius 1 is 1.04 bits per heavy atom. The first-order chi connectivity index (χ1) is 12.0. The van der Waals surface area contributed by atoms with Crippen molar-refractivity contribution in [2.24, 2.45) is 11.0 Å². The minimum absolute atomic E-state index is 0.236. The Bertz CT molecular complexity index is 717. The topological polar surface area (TPSA) is 50.7 Å². The zero-order valence-corrected chi connectivity index (χ0v) is 15.4. The van der Waals surface area contributed by atoms with Crippen LogP contribution in [0.2, 0.25) is 0 Å². The molecular weight excluding hydrogens is 312 g/mol. The minimum Gasteiger partial charge on any atom is -0.494 e. The van der Waals surface area contributed by atoms with E-state index in [2.05, 4.69) is 24.4 Å². The van der Waals surface area contributed by atoms with Gasteiger partial charge in [-0.25, -0.2) is 5.43 Å². The monoisotopic (exact) mass is 338 g/mol. The van der Waals surface area contributed by atoms with E-state index >= 15 is 0 Å². The first-order valence-electron chi connectivity index (χ1n) is 8.60. The molecule has 25 heavy (non-hydrogen) atoms. The van der Waals surface area contributed by atoms with Gasteiger partial charge in [0, 0.05) is 5.56 Å². The highest BCUT2D eigenvalue weighted by Crippen LogP contribution is 2.13. The number of benzene rings is 2. The molecule has 2 aromatic carbocycles. The molecule has 0 spiro atoms. The van der Waals surface area contributed by atoms with Crippen molar-refractivity contribution in [3.05, 3.63) is 65.2 Å². The molecular formula is C21H26N2O2. The van der Waals surface area contributed by atoms with Crippen LogP contribution in [-0.2, 0) is 0 Å². The smallest absolute Gasteiger partial charge is 0.271 e. The summed E-state index contributed by atoms with van der Waals surface area (Å²) in [4.78, 5) is 12.2. The van der Waals surface area contributed by atoms with Gasteiger partial charge in [-0.05, 0) is 56.0 Å². The van der Waals surface area contributed by atoms with E-state index in [1.165, 1.54) is 5.56 Å². The van der Waals surface area contributed by atoms with Crippen molar-refractivity contribution in [1.82, 2.24) is 5.43 Å². The zero-order chi connectivity index (χ0) is 18.2. The molecule has 0 bridgehead atoms. The van der Waals surface area contributed by atoms with E-state index in [0.717, 1.165) is 23.4 Å². The Morgan fingerprint density at radius 2 is 1.64 bits per heavy atom. The molecule has 0 aliphatic heterocycles. The first kappa shape index (κ1) is 18.7. The molecule has 0 saturated heterocycles. The lowest BCUT2D eigenvalue weighted by atomic mass is 10.1. The molecule has 0 heterocycles. The van der Waals surface area contributed by atoms with Crippen LogP contribution in [0.4, 0.5) is 0 Å². The summed E-state index contributed by atoms with van der Waals surface area (Å²) >= 11 is 0. The zero-order valence-electron chi connectivity index (χ0n) is 15.4. The van der Waals surface area contributed by atoms with E-state index in [4.69, 9.17) is 4.74 Å². The summed E-state index contributed by atoms with van der Waals surface area (Å²) < 4.78 is 5.66. The molecule has 0 aromatic heterocycles. The Hall–Kier alpha value is -2.62. The fourth-order valence-corrected chi connectivity index (χ4v) is 2.17. The summed E-state index contributed by atoms with van der Waals surface area (Å²) in [5.41, 5.74) is 6.09. The minimum atomic E-state index is -0.236. The number of ether oxygens (including phenoxy) is 1. The molecule has 0 saturated carbocycles. The fourth-order valence-electron chi connectivity index (χ4n) is 2.17. The molecule has 4 heteroatoms. The predicted octanol–water partition coefficient (Wildman–Crippen LogP) is 4.57. The quantitative estimate of drug-likeness (QED) is 0.594. The van der Waals surface area contributed by atoms with Gasteiger partial charge >= 0.3 is 0 Å². The number of rotatable bonds is 7. The molecule has 0 radical (unpaired) electrons. The van der Waals surface area contributed by atoms with Gasteiger partial charge in [0.05, 0.1) is 12.3 Å². The van der Waals surface area contributed by atoms with E-state index in [1.54, 1.807) is 12.1 Å². The van der Waals surface area contributed by atoms with Crippen molar-refractivity contribution in [2.45, 2.75) is 34.1 Å². The van der Waals surface area contributed by atoms with Crippen LogP contribution in [0.5, 0.6) is 5.75 Å². The number of hydrazone groups is 1. The molecule has 0 aliphatic carbocycles. The summed E-state index contributed by atoms with van der Waals surface area (Å²) in [7, 11) is 0. The van der Waals surface area contributed by atoms with Gasteiger partial charge in [0.1, 0.15) is 5.75 Å². The molecule has 2 rings (SSSR count). The second-order valence-corrected chi connectivity index (χ2v) is 6.56. The highest BCUT2D eigenvalue weighted by atomic mass is 16.5. The second-order valence-electron chi connectivity index (χ2n) is 6.56. The van der Waals surface area contributed by atoms with Crippen LogP contribution in [0.15, 0.2) is 53.6 Å². The van der Waals surface area contributed by atoms with E-state index in [-0.39, 0.29) is 5.91 Å². The largest absolute Gasteiger partial charge is 0.494 e. The van der Waals surface area contributed by atoms with Crippen LogP contribution in [-0.4, -0.2) is 18.2 Å². The summed E-state index contributed by atoms with van der Waals surface area (Å²) in [5, 5.41) is 4.18. The number of nitrogens with zero attached hydrogens (tertiary/aromatic N) is 1. The molecule has 1 N–H and O–H groups in total. The van der Waals surface area contributed by atoms with Gasteiger partial charge in [0.2, 0.25) is 0 Å². The van der Waals surface area contributed by atoms with Crippen molar-refractivity contribution < 1.29 is 9.53 Å². The average molecular weight is 338 g/mol. The van der Waals surface area contributed by atoms with Gasteiger partial charge in [-0.2, -0.15) is 5.10 Å². The molecule has 0 aliphatic rings. The number of hydrogen-bond donors (Lipinski definition) is 1. The first-order valence-corrected chi connectivity index (χ1v) is 8.60. The number of amides is 1.